The van der Waals surface area contributed by atoms with Crippen LogP contribution >= 0.6 is 0 Å². The summed E-state index contributed by atoms with van der Waals surface area (Å²) in [6, 6.07) is 12.5. The second-order valence-corrected chi connectivity index (χ2v) is 8.33. The van der Waals surface area contributed by atoms with Crippen LogP contribution in [0.5, 0.6) is 0 Å². The second-order valence-electron chi connectivity index (χ2n) is 8.33. The number of nitrogens with one attached hydrogen (secondary N) is 3. The maximum atomic E-state index is 13.5. The molecule has 1 aliphatic heterocycles. The monoisotopic (exact) mass is 452 g/mol. The van der Waals surface area contributed by atoms with Crippen molar-refractivity contribution in [2.75, 3.05) is 10.2 Å². The van der Waals surface area contributed by atoms with Gasteiger partial charge in [-0.05, 0) is 30.5 Å². The summed E-state index contributed by atoms with van der Waals surface area (Å²) in [4.78, 5) is 51.8. The van der Waals surface area contributed by atoms with Crippen LogP contribution < -0.4 is 20.9 Å². The Morgan fingerprint density at radius 1 is 1.00 bits per heavy atom. The molecule has 0 bridgehead atoms. The van der Waals surface area contributed by atoms with E-state index < -0.39 is 36.0 Å². The Hall–Kier alpha value is -3.88. The van der Waals surface area contributed by atoms with Gasteiger partial charge in [-0.25, -0.2) is 4.79 Å². The molecule has 9 heteroatoms. The van der Waals surface area contributed by atoms with Crippen LogP contribution in [0.15, 0.2) is 54.6 Å². The molecule has 3 rings (SSSR count). The number of hydrogen-bond donors (Lipinski definition) is 4. The zero-order valence-electron chi connectivity index (χ0n) is 18.7. The molecular formula is C24H28N4O5. The van der Waals surface area contributed by atoms with E-state index in [0.717, 1.165) is 5.56 Å². The number of carbonyl (C=O) groups is 4. The largest absolute Gasteiger partial charge is 0.480 e. The number of nitrogens with zero attached hydrogens (tertiary/aromatic N) is 1. The minimum atomic E-state index is -1.19. The summed E-state index contributed by atoms with van der Waals surface area (Å²) < 4.78 is 0. The highest BCUT2D eigenvalue weighted by Crippen LogP contribution is 2.34. The van der Waals surface area contributed by atoms with Gasteiger partial charge in [-0.3, -0.25) is 19.3 Å². The van der Waals surface area contributed by atoms with Crippen molar-refractivity contribution in [2.24, 2.45) is 5.92 Å². The number of carboxylic acid groups (broad SMARTS) is 1. The number of carbonyl (C=O) groups excluding carboxylic acids is 3. The lowest BCUT2D eigenvalue weighted by Gasteiger charge is -2.39. The first kappa shape index (κ1) is 23.8. The van der Waals surface area contributed by atoms with Crippen molar-refractivity contribution in [1.29, 1.82) is 0 Å². The van der Waals surface area contributed by atoms with Crippen molar-refractivity contribution < 1.29 is 24.3 Å². The molecular weight excluding hydrogens is 424 g/mol. The van der Waals surface area contributed by atoms with E-state index in [-0.39, 0.29) is 18.2 Å². The molecule has 33 heavy (non-hydrogen) atoms. The van der Waals surface area contributed by atoms with Gasteiger partial charge in [-0.1, -0.05) is 56.3 Å². The molecule has 0 radical (unpaired) electrons. The van der Waals surface area contributed by atoms with Crippen LogP contribution in [-0.2, 0) is 20.8 Å². The lowest BCUT2D eigenvalue weighted by atomic mass is 9.98. The van der Waals surface area contributed by atoms with Crippen LogP contribution in [0.25, 0.3) is 0 Å². The van der Waals surface area contributed by atoms with Gasteiger partial charge in [0.05, 0.1) is 11.4 Å². The number of fused-ring (bicyclic) bond motifs is 1. The van der Waals surface area contributed by atoms with Gasteiger partial charge >= 0.3 is 12.0 Å². The van der Waals surface area contributed by atoms with E-state index in [9.17, 15) is 19.2 Å². The summed E-state index contributed by atoms with van der Waals surface area (Å²) in [5.74, 6) is -2.33. The molecule has 0 fully saturated rings. The van der Waals surface area contributed by atoms with Crippen LogP contribution in [0.3, 0.4) is 0 Å². The summed E-state index contributed by atoms with van der Waals surface area (Å²) in [6.07, 6.45) is 0.152. The number of benzene rings is 2. The minimum Gasteiger partial charge on any atom is -0.480 e. The average molecular weight is 453 g/mol. The molecule has 0 unspecified atom stereocenters. The Bertz CT molecular complexity index is 1040. The number of hydrogen-bond acceptors (Lipinski definition) is 4. The first-order chi connectivity index (χ1) is 15.7. The maximum Gasteiger partial charge on any atom is 0.325 e. The molecule has 4 N–H and O–H groups in total. The molecule has 0 aliphatic carbocycles. The molecule has 1 aliphatic rings. The number of rotatable bonds is 7. The predicted octanol–water partition coefficient (Wildman–Crippen LogP) is 2.38. The van der Waals surface area contributed by atoms with Crippen LogP contribution in [0, 0.1) is 5.92 Å². The van der Waals surface area contributed by atoms with Crippen LogP contribution in [0.1, 0.15) is 26.3 Å². The number of amides is 4. The van der Waals surface area contributed by atoms with Gasteiger partial charge in [0.15, 0.2) is 0 Å². The van der Waals surface area contributed by atoms with Crippen molar-refractivity contribution in [2.45, 2.75) is 45.3 Å². The van der Waals surface area contributed by atoms with Crippen LogP contribution in [0.4, 0.5) is 16.2 Å². The molecule has 9 nitrogen and oxygen atoms in total. The Labute approximate surface area is 192 Å². The van der Waals surface area contributed by atoms with Gasteiger partial charge in [-0.15, -0.1) is 0 Å². The third-order valence-electron chi connectivity index (χ3n) is 5.44. The van der Waals surface area contributed by atoms with E-state index in [4.69, 9.17) is 5.11 Å². The average Bonchev–Trinajstić information content (AvgIpc) is 2.77. The molecule has 0 spiro atoms. The number of urea groups is 1. The molecule has 2 aromatic carbocycles. The zero-order valence-corrected chi connectivity index (χ0v) is 18.7. The number of aliphatic carboxylic acids is 1. The summed E-state index contributed by atoms with van der Waals surface area (Å²) in [5, 5.41) is 17.1. The fraction of sp³-hybridized carbons (Fsp3) is 0.333. The molecule has 0 saturated carbocycles. The minimum absolute atomic E-state index is 0.152. The number of carboxylic acids is 1. The van der Waals surface area contributed by atoms with Gasteiger partial charge in [0, 0.05) is 6.42 Å². The fourth-order valence-electron chi connectivity index (χ4n) is 3.75. The van der Waals surface area contributed by atoms with Gasteiger partial charge in [0.2, 0.25) is 11.8 Å². The number of para-hydroxylation sites is 2. The van der Waals surface area contributed by atoms with Crippen LogP contribution in [0.2, 0.25) is 0 Å². The Kier molecular flexibility index (Phi) is 7.32. The van der Waals surface area contributed by atoms with E-state index in [1.54, 1.807) is 24.3 Å². The first-order valence-electron chi connectivity index (χ1n) is 10.8. The molecule has 1 heterocycles. The Balaban J connectivity index is 1.91. The lowest BCUT2D eigenvalue weighted by molar-refractivity contribution is -0.141. The van der Waals surface area contributed by atoms with Gasteiger partial charge in [0.1, 0.15) is 18.1 Å². The number of anilines is 2. The fourth-order valence-corrected chi connectivity index (χ4v) is 3.75. The summed E-state index contributed by atoms with van der Waals surface area (Å²) in [6.45, 7) is 5.02. The van der Waals surface area contributed by atoms with Gasteiger partial charge < -0.3 is 21.1 Å². The van der Waals surface area contributed by atoms with E-state index in [1.807, 2.05) is 44.2 Å². The topological polar surface area (TPSA) is 128 Å². The summed E-state index contributed by atoms with van der Waals surface area (Å²) >= 11 is 0. The lowest BCUT2D eigenvalue weighted by Crippen LogP contribution is -2.60. The SMILES string of the molecule is CC(C)[C@H]1C(=O)Nc2ccccc2N1C(=O)N[C@H](Cc1ccccc1)C(=O)N[C@@H](C)C(=O)O. The van der Waals surface area contributed by atoms with Crippen molar-refractivity contribution in [3.8, 4) is 0 Å². The molecule has 0 aromatic heterocycles. The van der Waals surface area contributed by atoms with Crippen molar-refractivity contribution in [3.05, 3.63) is 60.2 Å². The first-order valence-corrected chi connectivity index (χ1v) is 10.8. The standard InChI is InChI=1S/C24H28N4O5/c1-14(2)20-22(30)26-17-11-7-8-12-19(17)28(20)24(33)27-18(13-16-9-5-4-6-10-16)21(29)25-15(3)23(31)32/h4-12,14-15,18,20H,13H2,1-3H3,(H,25,29)(H,26,30)(H,27,33)(H,31,32)/t15-,18+,20-/m0/s1. The quantitative estimate of drug-likeness (QED) is 0.513. The summed E-state index contributed by atoms with van der Waals surface area (Å²) in [5.41, 5.74) is 1.81. The zero-order chi connectivity index (χ0) is 24.1. The molecule has 0 saturated heterocycles. The van der Waals surface area contributed by atoms with E-state index in [2.05, 4.69) is 16.0 Å². The van der Waals surface area contributed by atoms with Crippen molar-refractivity contribution in [3.63, 3.8) is 0 Å². The van der Waals surface area contributed by atoms with Crippen LogP contribution in [-0.4, -0.2) is 47.0 Å². The second kappa shape index (κ2) is 10.2. The Morgan fingerprint density at radius 2 is 1.64 bits per heavy atom. The third-order valence-corrected chi connectivity index (χ3v) is 5.44. The summed E-state index contributed by atoms with van der Waals surface area (Å²) in [7, 11) is 0. The predicted molar refractivity (Wildman–Crippen MR) is 124 cm³/mol. The highest BCUT2D eigenvalue weighted by Gasteiger charge is 2.40. The smallest absolute Gasteiger partial charge is 0.325 e. The van der Waals surface area contributed by atoms with E-state index in [1.165, 1.54) is 11.8 Å². The highest BCUT2D eigenvalue weighted by molar-refractivity contribution is 6.12. The van der Waals surface area contributed by atoms with E-state index >= 15 is 0 Å². The van der Waals surface area contributed by atoms with Crippen molar-refractivity contribution in [1.82, 2.24) is 10.6 Å². The van der Waals surface area contributed by atoms with Gasteiger partial charge in [-0.2, -0.15) is 0 Å². The van der Waals surface area contributed by atoms with E-state index in [0.29, 0.717) is 11.4 Å². The maximum absolute atomic E-state index is 13.5. The molecule has 174 valence electrons. The Morgan fingerprint density at radius 3 is 2.27 bits per heavy atom. The van der Waals surface area contributed by atoms with Gasteiger partial charge in [0.25, 0.3) is 0 Å². The highest BCUT2D eigenvalue weighted by atomic mass is 16.4. The van der Waals surface area contributed by atoms with Crippen molar-refractivity contribution >= 4 is 35.2 Å². The molecule has 2 aromatic rings. The normalized spacial score (nSPS) is 16.9. The molecule has 4 amide bonds. The third kappa shape index (κ3) is 5.49. The molecule has 3 atom stereocenters.